The molecule has 0 radical (unpaired) electrons. The zero-order valence-corrected chi connectivity index (χ0v) is 29.0. The number of hydrogen-bond acceptors (Lipinski definition) is 10. The van der Waals surface area contributed by atoms with E-state index in [4.69, 9.17) is 14.2 Å². The van der Waals surface area contributed by atoms with Gasteiger partial charge < -0.3 is 29.3 Å². The van der Waals surface area contributed by atoms with Crippen LogP contribution in [0, 0.1) is 11.2 Å². The predicted octanol–water partition coefficient (Wildman–Crippen LogP) is 4.85. The molecule has 1 amide bonds. The van der Waals surface area contributed by atoms with E-state index in [1.807, 2.05) is 12.3 Å². The normalized spacial score (nSPS) is 22.9. The fraction of sp³-hybridized carbons (Fsp3) is 0.568. The molecule has 2 aliphatic carbocycles. The Morgan fingerprint density at radius 2 is 1.94 bits per heavy atom. The molecule has 272 valence electrons. The minimum Gasteiger partial charge on any atom is -0.490 e. The van der Waals surface area contributed by atoms with Crippen LogP contribution in [-0.2, 0) is 17.7 Å². The van der Waals surface area contributed by atoms with E-state index >= 15 is 0 Å². The van der Waals surface area contributed by atoms with Gasteiger partial charge in [-0.3, -0.25) is 14.7 Å². The molecule has 51 heavy (non-hydrogen) atoms. The number of morpholine rings is 1. The second-order valence-corrected chi connectivity index (χ2v) is 15.1. The summed E-state index contributed by atoms with van der Waals surface area (Å²) in [6.45, 7) is 10.2. The highest BCUT2D eigenvalue weighted by Crippen LogP contribution is 2.52. The number of hydrogen-bond donors (Lipinski definition) is 1. The lowest BCUT2D eigenvalue weighted by Gasteiger charge is -2.59. The average Bonchev–Trinajstić information content (AvgIpc) is 3.06. The van der Waals surface area contributed by atoms with Gasteiger partial charge in [0.15, 0.2) is 11.6 Å². The minimum atomic E-state index is -2.81. The number of nitrogens with zero attached hydrogens (tertiary/aromatic N) is 6. The SMILES string of the molecule is CC(C)N(C(=O)c1cc(F)ccc1Oc1cncnc1N1CC2(CC(Oc3ccnc4c3CN(C[C@@H]3CNCCO3)CC4)C2)C1)C1CC(F)(F)C1. The number of fused-ring (bicyclic) bond motifs is 1. The maximum Gasteiger partial charge on any atom is 0.258 e. The summed E-state index contributed by atoms with van der Waals surface area (Å²) in [6.07, 6.45) is 7.00. The van der Waals surface area contributed by atoms with Crippen LogP contribution in [0.5, 0.6) is 17.2 Å². The Hall–Kier alpha value is -4.01. The van der Waals surface area contributed by atoms with Gasteiger partial charge in [0, 0.05) is 100 Å². The van der Waals surface area contributed by atoms with Crippen molar-refractivity contribution in [2.75, 3.05) is 50.8 Å². The molecule has 1 spiro atoms. The molecular formula is C37H44F3N7O4. The summed E-state index contributed by atoms with van der Waals surface area (Å²) in [7, 11) is 0. The third-order valence-electron chi connectivity index (χ3n) is 10.9. The van der Waals surface area contributed by atoms with E-state index in [2.05, 4.69) is 30.1 Å². The van der Waals surface area contributed by atoms with Crippen LogP contribution in [0.15, 0.2) is 43.0 Å². The number of carbonyl (C=O) groups excluding carboxylic acids is 1. The third-order valence-corrected chi connectivity index (χ3v) is 10.9. The quantitative estimate of drug-likeness (QED) is 0.315. The number of ether oxygens (including phenoxy) is 3. The van der Waals surface area contributed by atoms with E-state index in [-0.39, 0.29) is 35.0 Å². The van der Waals surface area contributed by atoms with Crippen molar-refractivity contribution in [3.05, 3.63) is 65.6 Å². The summed E-state index contributed by atoms with van der Waals surface area (Å²) < 4.78 is 60.8. The molecule has 3 aliphatic heterocycles. The molecule has 1 aromatic carbocycles. The van der Waals surface area contributed by atoms with Gasteiger partial charge in [0.25, 0.3) is 11.8 Å². The maximum atomic E-state index is 14.5. The van der Waals surface area contributed by atoms with Crippen LogP contribution in [-0.4, -0.2) is 107 Å². The fourth-order valence-electron chi connectivity index (χ4n) is 8.38. The Kier molecular flexibility index (Phi) is 9.04. The second-order valence-electron chi connectivity index (χ2n) is 15.1. The molecule has 0 bridgehead atoms. The van der Waals surface area contributed by atoms with Crippen LogP contribution in [0.25, 0.3) is 0 Å². The number of pyridine rings is 1. The molecule has 8 rings (SSSR count). The van der Waals surface area contributed by atoms with Gasteiger partial charge in [0.2, 0.25) is 0 Å². The number of halogens is 3. The van der Waals surface area contributed by atoms with Crippen molar-refractivity contribution in [1.82, 2.24) is 30.1 Å². The van der Waals surface area contributed by atoms with Gasteiger partial charge >= 0.3 is 0 Å². The molecule has 2 aromatic heterocycles. The standard InChI is InChI=1S/C37H44F3N7O4/c1-23(2)47(25-12-37(39,40)13-25)35(48)28-11-24(38)3-4-31(28)51-33-17-42-22-44-34(33)46-20-36(21-46)14-26(15-36)50-32-5-7-43-30-6-9-45(19-29(30)32)18-27-16-41-8-10-49-27/h3-5,7,11,17,22-23,25-27,41H,6,8-10,12-16,18-21H2,1-2H3/t27-/m0/s1. The topological polar surface area (TPSA) is 105 Å². The molecule has 14 heteroatoms. The van der Waals surface area contributed by atoms with E-state index in [1.54, 1.807) is 13.8 Å². The number of amides is 1. The van der Waals surface area contributed by atoms with E-state index < -0.39 is 36.5 Å². The van der Waals surface area contributed by atoms with Gasteiger partial charge in [-0.2, -0.15) is 0 Å². The highest BCUT2D eigenvalue weighted by molar-refractivity contribution is 5.97. The lowest BCUT2D eigenvalue weighted by atomic mass is 9.61. The monoisotopic (exact) mass is 707 g/mol. The number of anilines is 1. The van der Waals surface area contributed by atoms with E-state index in [0.717, 1.165) is 89.2 Å². The van der Waals surface area contributed by atoms with Gasteiger partial charge in [-0.1, -0.05) is 0 Å². The van der Waals surface area contributed by atoms with Crippen LogP contribution >= 0.6 is 0 Å². The van der Waals surface area contributed by atoms with Crippen molar-refractivity contribution in [3.63, 3.8) is 0 Å². The summed E-state index contributed by atoms with van der Waals surface area (Å²) in [5.74, 6) is -2.05. The van der Waals surface area contributed by atoms with Crippen LogP contribution in [0.4, 0.5) is 19.0 Å². The van der Waals surface area contributed by atoms with Crippen molar-refractivity contribution in [1.29, 1.82) is 0 Å². The molecule has 5 heterocycles. The molecule has 2 saturated heterocycles. The number of carbonyl (C=O) groups is 1. The van der Waals surface area contributed by atoms with E-state index in [1.165, 1.54) is 35.1 Å². The number of aromatic nitrogens is 3. The molecule has 3 aromatic rings. The first-order valence-electron chi connectivity index (χ1n) is 18.0. The predicted molar refractivity (Wildman–Crippen MR) is 182 cm³/mol. The first kappa shape index (κ1) is 34.1. The van der Waals surface area contributed by atoms with Gasteiger partial charge in [-0.25, -0.2) is 23.1 Å². The molecule has 1 N–H and O–H groups in total. The van der Waals surface area contributed by atoms with Crippen molar-refractivity contribution in [3.8, 4) is 17.2 Å². The lowest BCUT2D eigenvalue weighted by Crippen LogP contribution is -2.65. The smallest absolute Gasteiger partial charge is 0.258 e. The molecular weight excluding hydrogens is 663 g/mol. The molecule has 4 fully saturated rings. The van der Waals surface area contributed by atoms with Crippen LogP contribution in [0.1, 0.15) is 61.1 Å². The summed E-state index contributed by atoms with van der Waals surface area (Å²) in [4.78, 5) is 33.0. The zero-order valence-electron chi connectivity index (χ0n) is 29.0. The highest BCUT2D eigenvalue weighted by Gasteiger charge is 2.54. The van der Waals surface area contributed by atoms with Gasteiger partial charge in [0.1, 0.15) is 29.7 Å². The van der Waals surface area contributed by atoms with Crippen molar-refractivity contribution < 1.29 is 32.2 Å². The Morgan fingerprint density at radius 3 is 2.69 bits per heavy atom. The molecule has 1 atom stereocenters. The van der Waals surface area contributed by atoms with Crippen LogP contribution in [0.2, 0.25) is 0 Å². The Labute approximate surface area is 295 Å². The van der Waals surface area contributed by atoms with Gasteiger partial charge in [-0.05, 0) is 51.0 Å². The molecule has 11 nitrogen and oxygen atoms in total. The molecule has 0 unspecified atom stereocenters. The summed E-state index contributed by atoms with van der Waals surface area (Å²) in [6, 6.07) is 4.68. The highest BCUT2D eigenvalue weighted by atomic mass is 19.3. The number of alkyl halides is 2. The van der Waals surface area contributed by atoms with Gasteiger partial charge in [0.05, 0.1) is 24.5 Å². The Bertz CT molecular complexity index is 1750. The van der Waals surface area contributed by atoms with E-state index in [9.17, 15) is 18.0 Å². The molecule has 2 saturated carbocycles. The zero-order chi connectivity index (χ0) is 35.3. The van der Waals surface area contributed by atoms with Crippen molar-refractivity contribution >= 4 is 11.7 Å². The Morgan fingerprint density at radius 1 is 1.12 bits per heavy atom. The van der Waals surface area contributed by atoms with Crippen LogP contribution < -0.4 is 19.7 Å². The van der Waals surface area contributed by atoms with E-state index in [0.29, 0.717) is 11.6 Å². The fourth-order valence-corrected chi connectivity index (χ4v) is 8.38. The van der Waals surface area contributed by atoms with Crippen molar-refractivity contribution in [2.45, 2.75) is 82.7 Å². The summed E-state index contributed by atoms with van der Waals surface area (Å²) in [5, 5.41) is 3.41. The van der Waals surface area contributed by atoms with Crippen molar-refractivity contribution in [2.24, 2.45) is 5.41 Å². The molecule has 5 aliphatic rings. The first-order valence-corrected chi connectivity index (χ1v) is 18.0. The third kappa shape index (κ3) is 6.97. The first-order chi connectivity index (χ1) is 24.5. The minimum absolute atomic E-state index is 0.0338. The number of benzene rings is 1. The largest absolute Gasteiger partial charge is 0.490 e. The summed E-state index contributed by atoms with van der Waals surface area (Å²) >= 11 is 0. The summed E-state index contributed by atoms with van der Waals surface area (Å²) in [5.41, 5.74) is 2.34. The Balaban J connectivity index is 0.904. The maximum absolute atomic E-state index is 14.5. The number of rotatable bonds is 10. The average molecular weight is 708 g/mol. The van der Waals surface area contributed by atoms with Crippen LogP contribution in [0.3, 0.4) is 0 Å². The number of nitrogens with one attached hydrogen (secondary N) is 1. The second kappa shape index (κ2) is 13.5. The lowest BCUT2D eigenvalue weighted by molar-refractivity contribution is -0.120. The van der Waals surface area contributed by atoms with Gasteiger partial charge in [-0.15, -0.1) is 0 Å².